The van der Waals surface area contributed by atoms with Crippen LogP contribution in [0.2, 0.25) is 0 Å². The fourth-order valence-electron chi connectivity index (χ4n) is 2.51. The first-order valence-electron chi connectivity index (χ1n) is 8.68. The zero-order valence-corrected chi connectivity index (χ0v) is 15.3. The van der Waals surface area contributed by atoms with Crippen LogP contribution < -0.4 is 21.1 Å². The number of rotatable bonds is 6. The topological polar surface area (TPSA) is 113 Å². The number of amides is 2. The molecule has 146 valence electrons. The summed E-state index contributed by atoms with van der Waals surface area (Å²) in [5, 5.41) is 6.76. The first-order chi connectivity index (χ1) is 14.1. The Morgan fingerprint density at radius 3 is 2.52 bits per heavy atom. The highest BCUT2D eigenvalue weighted by atomic mass is 16.5. The molecule has 0 atom stereocenters. The van der Waals surface area contributed by atoms with Gasteiger partial charge in [-0.25, -0.2) is 5.10 Å². The van der Waals surface area contributed by atoms with Crippen molar-refractivity contribution in [1.29, 1.82) is 0 Å². The first-order valence-corrected chi connectivity index (χ1v) is 8.68. The van der Waals surface area contributed by atoms with Crippen LogP contribution in [-0.4, -0.2) is 28.6 Å². The van der Waals surface area contributed by atoms with Crippen LogP contribution in [0.3, 0.4) is 0 Å². The number of nitrogens with one attached hydrogen (secondary N) is 3. The van der Waals surface area contributed by atoms with Crippen molar-refractivity contribution in [3.8, 4) is 5.75 Å². The molecule has 3 aromatic rings. The number of hydrogen-bond donors (Lipinski definition) is 3. The second-order valence-electron chi connectivity index (χ2n) is 5.89. The molecule has 0 aliphatic heterocycles. The minimum Gasteiger partial charge on any atom is -0.490 e. The van der Waals surface area contributed by atoms with Crippen molar-refractivity contribution < 1.29 is 14.3 Å². The van der Waals surface area contributed by atoms with Gasteiger partial charge in [0.1, 0.15) is 12.4 Å². The van der Waals surface area contributed by atoms with Crippen molar-refractivity contribution in [2.75, 3.05) is 6.61 Å². The maximum atomic E-state index is 12.3. The summed E-state index contributed by atoms with van der Waals surface area (Å²) in [6.07, 6.45) is 4.52. The lowest BCUT2D eigenvalue weighted by Crippen LogP contribution is -2.41. The standard InChI is InChI=1S/C21H18N4O4/c1-2-13-29-15-10-7-14(8-11-15)9-12-18(26)22-25-21(28)19-16-5-3-4-6-17(16)20(27)24-23-19/h2-12H,1,13H2,(H,22,26)(H,24,27)(H,25,28)/b12-9+. The second kappa shape index (κ2) is 9.14. The fourth-order valence-corrected chi connectivity index (χ4v) is 2.51. The van der Waals surface area contributed by atoms with Crippen LogP contribution >= 0.6 is 0 Å². The van der Waals surface area contributed by atoms with Crippen molar-refractivity contribution in [2.24, 2.45) is 0 Å². The molecular weight excluding hydrogens is 372 g/mol. The quantitative estimate of drug-likeness (QED) is 0.338. The molecule has 0 radical (unpaired) electrons. The number of hydrogen-bond acceptors (Lipinski definition) is 5. The Morgan fingerprint density at radius 1 is 1.07 bits per heavy atom. The number of carbonyl (C=O) groups excluding carboxylic acids is 2. The van der Waals surface area contributed by atoms with E-state index < -0.39 is 17.4 Å². The highest BCUT2D eigenvalue weighted by molar-refractivity contribution is 6.05. The molecule has 0 unspecified atom stereocenters. The summed E-state index contributed by atoms with van der Waals surface area (Å²) in [7, 11) is 0. The van der Waals surface area contributed by atoms with E-state index in [1.165, 1.54) is 6.08 Å². The van der Waals surface area contributed by atoms with Gasteiger partial charge in [0.2, 0.25) is 0 Å². The number of fused-ring (bicyclic) bond motifs is 1. The third kappa shape index (κ3) is 4.95. The number of nitrogens with zero attached hydrogens (tertiary/aromatic N) is 1. The number of hydrazine groups is 1. The minimum atomic E-state index is -0.650. The van der Waals surface area contributed by atoms with Gasteiger partial charge in [-0.05, 0) is 29.8 Å². The molecule has 29 heavy (non-hydrogen) atoms. The monoisotopic (exact) mass is 390 g/mol. The number of ether oxygens (including phenoxy) is 1. The third-order valence-corrected chi connectivity index (χ3v) is 3.89. The molecule has 0 aliphatic carbocycles. The molecule has 3 N–H and O–H groups in total. The summed E-state index contributed by atoms with van der Waals surface area (Å²) in [5.41, 5.74) is 4.94. The molecule has 0 saturated carbocycles. The van der Waals surface area contributed by atoms with E-state index in [1.807, 2.05) is 0 Å². The number of H-pyrrole nitrogens is 1. The molecular formula is C21H18N4O4. The van der Waals surface area contributed by atoms with E-state index in [1.54, 1.807) is 60.7 Å². The second-order valence-corrected chi connectivity index (χ2v) is 5.89. The molecule has 2 amide bonds. The minimum absolute atomic E-state index is 0.000377. The molecule has 1 aromatic heterocycles. The van der Waals surface area contributed by atoms with Crippen LogP contribution in [0.15, 0.2) is 72.1 Å². The predicted molar refractivity (Wildman–Crippen MR) is 109 cm³/mol. The van der Waals surface area contributed by atoms with E-state index in [2.05, 4.69) is 27.6 Å². The number of benzene rings is 2. The highest BCUT2D eigenvalue weighted by Gasteiger charge is 2.14. The Kier molecular flexibility index (Phi) is 6.16. The summed E-state index contributed by atoms with van der Waals surface area (Å²) < 4.78 is 5.38. The zero-order chi connectivity index (χ0) is 20.6. The van der Waals surface area contributed by atoms with Gasteiger partial charge in [0.05, 0.1) is 5.39 Å². The van der Waals surface area contributed by atoms with Gasteiger partial charge in [0.15, 0.2) is 5.69 Å². The number of aromatic nitrogens is 2. The average molecular weight is 390 g/mol. The Hall–Kier alpha value is -4.20. The van der Waals surface area contributed by atoms with Crippen molar-refractivity contribution in [3.63, 3.8) is 0 Å². The lowest BCUT2D eigenvalue weighted by Gasteiger charge is -2.06. The molecule has 0 aliphatic rings. The first kappa shape index (κ1) is 19.6. The van der Waals surface area contributed by atoms with Gasteiger partial charge < -0.3 is 4.74 Å². The molecule has 1 heterocycles. The summed E-state index contributed by atoms with van der Waals surface area (Å²) in [6.45, 7) is 3.99. The fraction of sp³-hybridized carbons (Fsp3) is 0.0476. The molecule has 2 aromatic carbocycles. The summed E-state index contributed by atoms with van der Waals surface area (Å²) in [4.78, 5) is 36.0. The maximum absolute atomic E-state index is 12.3. The van der Waals surface area contributed by atoms with Gasteiger partial charge in [-0.1, -0.05) is 43.0 Å². The molecule has 3 rings (SSSR count). The molecule has 0 fully saturated rings. The van der Waals surface area contributed by atoms with E-state index in [0.717, 1.165) is 5.56 Å². The van der Waals surface area contributed by atoms with Crippen LogP contribution in [0.4, 0.5) is 0 Å². The van der Waals surface area contributed by atoms with Gasteiger partial charge in [0, 0.05) is 11.5 Å². The average Bonchev–Trinajstić information content (AvgIpc) is 2.75. The SMILES string of the molecule is C=CCOc1ccc(/C=C/C(=O)NNC(=O)c2n[nH]c(=O)c3ccccc23)cc1. The van der Waals surface area contributed by atoms with Crippen molar-refractivity contribution in [3.05, 3.63) is 88.9 Å². The highest BCUT2D eigenvalue weighted by Crippen LogP contribution is 2.13. The predicted octanol–water partition coefficient (Wildman–Crippen LogP) is 1.96. The smallest absolute Gasteiger partial charge is 0.290 e. The van der Waals surface area contributed by atoms with Gasteiger partial charge >= 0.3 is 0 Å². The Morgan fingerprint density at radius 2 is 1.79 bits per heavy atom. The lowest BCUT2D eigenvalue weighted by atomic mass is 10.1. The normalized spacial score (nSPS) is 10.6. The van der Waals surface area contributed by atoms with E-state index in [4.69, 9.17) is 4.74 Å². The van der Waals surface area contributed by atoms with Crippen LogP contribution in [-0.2, 0) is 4.79 Å². The summed E-state index contributed by atoms with van der Waals surface area (Å²) in [5.74, 6) is -0.485. The maximum Gasteiger partial charge on any atom is 0.290 e. The van der Waals surface area contributed by atoms with E-state index in [-0.39, 0.29) is 5.69 Å². The van der Waals surface area contributed by atoms with Gasteiger partial charge in [0.25, 0.3) is 17.4 Å². The molecule has 8 nitrogen and oxygen atoms in total. The molecule has 8 heteroatoms. The number of carbonyl (C=O) groups is 2. The Balaban J connectivity index is 1.60. The zero-order valence-electron chi connectivity index (χ0n) is 15.3. The van der Waals surface area contributed by atoms with Gasteiger partial charge in [-0.3, -0.25) is 25.2 Å². The third-order valence-electron chi connectivity index (χ3n) is 3.89. The van der Waals surface area contributed by atoms with Crippen LogP contribution in [0.5, 0.6) is 5.75 Å². The van der Waals surface area contributed by atoms with Gasteiger partial charge in [-0.15, -0.1) is 0 Å². The Bertz CT molecular complexity index is 1130. The van der Waals surface area contributed by atoms with E-state index in [0.29, 0.717) is 23.1 Å². The largest absolute Gasteiger partial charge is 0.490 e. The van der Waals surface area contributed by atoms with Crippen molar-refractivity contribution in [2.45, 2.75) is 0 Å². The molecule has 0 spiro atoms. The van der Waals surface area contributed by atoms with Gasteiger partial charge in [-0.2, -0.15) is 5.10 Å². The van der Waals surface area contributed by atoms with Crippen LogP contribution in [0.1, 0.15) is 16.1 Å². The summed E-state index contributed by atoms with van der Waals surface area (Å²) in [6, 6.07) is 13.7. The molecule has 0 saturated heterocycles. The van der Waals surface area contributed by atoms with Crippen molar-refractivity contribution in [1.82, 2.24) is 21.0 Å². The van der Waals surface area contributed by atoms with Crippen molar-refractivity contribution >= 4 is 28.7 Å². The molecule has 0 bridgehead atoms. The van der Waals surface area contributed by atoms with E-state index in [9.17, 15) is 14.4 Å². The lowest BCUT2D eigenvalue weighted by molar-refractivity contribution is -0.117. The number of aromatic amines is 1. The van der Waals surface area contributed by atoms with Crippen LogP contribution in [0.25, 0.3) is 16.8 Å². The summed E-state index contributed by atoms with van der Waals surface area (Å²) >= 11 is 0. The van der Waals surface area contributed by atoms with Crippen LogP contribution in [0, 0.1) is 0 Å². The van der Waals surface area contributed by atoms with E-state index >= 15 is 0 Å². The Labute approximate surface area is 165 Å².